The van der Waals surface area contributed by atoms with E-state index in [0.29, 0.717) is 22.0 Å². The number of sulfonamides is 1. The minimum absolute atomic E-state index is 0.0257. The zero-order valence-electron chi connectivity index (χ0n) is 14.5. The van der Waals surface area contributed by atoms with Gasteiger partial charge in [0.2, 0.25) is 10.0 Å². The van der Waals surface area contributed by atoms with Crippen LogP contribution in [-0.4, -0.2) is 27.1 Å². The van der Waals surface area contributed by atoms with E-state index in [4.69, 9.17) is 0 Å². The molecular formula is C18H16F2N2O3S2. The Labute approximate surface area is 159 Å². The number of hydrogen-bond donors (Lipinski definition) is 1. The third kappa shape index (κ3) is 3.93. The van der Waals surface area contributed by atoms with Gasteiger partial charge in [0.1, 0.15) is 11.6 Å². The Morgan fingerprint density at radius 3 is 2.56 bits per heavy atom. The van der Waals surface area contributed by atoms with Crippen molar-refractivity contribution in [2.24, 2.45) is 0 Å². The second-order valence-electron chi connectivity index (χ2n) is 5.78. The van der Waals surface area contributed by atoms with Crippen molar-refractivity contribution in [1.82, 2.24) is 0 Å². The molecule has 0 unspecified atom stereocenters. The lowest BCUT2D eigenvalue weighted by atomic mass is 10.2. The van der Waals surface area contributed by atoms with Gasteiger partial charge in [0.15, 0.2) is 0 Å². The fraction of sp³-hybridized carbons (Fsp3) is 0.167. The van der Waals surface area contributed by atoms with E-state index in [1.165, 1.54) is 22.7 Å². The van der Waals surface area contributed by atoms with Crippen LogP contribution < -0.4 is 9.62 Å². The Morgan fingerprint density at radius 2 is 1.89 bits per heavy atom. The lowest BCUT2D eigenvalue weighted by Gasteiger charge is -2.18. The first-order valence-electron chi connectivity index (χ1n) is 7.98. The molecule has 0 saturated carbocycles. The van der Waals surface area contributed by atoms with Crippen molar-refractivity contribution in [3.8, 4) is 0 Å². The number of thiophene rings is 1. The summed E-state index contributed by atoms with van der Waals surface area (Å²) in [6.45, 7) is 1.56. The summed E-state index contributed by atoms with van der Waals surface area (Å²) in [6, 6.07) is 9.57. The van der Waals surface area contributed by atoms with Gasteiger partial charge in [0.05, 0.1) is 22.0 Å². The van der Waals surface area contributed by atoms with E-state index in [1.54, 1.807) is 31.2 Å². The summed E-state index contributed by atoms with van der Waals surface area (Å²) in [5.74, 6) is -2.15. The maximum Gasteiger partial charge on any atom is 0.265 e. The number of rotatable bonds is 5. The average Bonchev–Trinajstić information content (AvgIpc) is 3.06. The minimum atomic E-state index is -3.39. The van der Waals surface area contributed by atoms with Gasteiger partial charge in [-0.1, -0.05) is 0 Å². The van der Waals surface area contributed by atoms with Crippen molar-refractivity contribution in [2.45, 2.75) is 6.92 Å². The molecule has 0 atom stereocenters. The predicted octanol–water partition coefficient (Wildman–Crippen LogP) is 4.22. The fourth-order valence-corrected chi connectivity index (χ4v) is 4.23. The molecule has 1 heterocycles. The number of halogens is 2. The third-order valence-corrected chi connectivity index (χ3v) is 6.94. The summed E-state index contributed by atoms with van der Waals surface area (Å²) in [4.78, 5) is 12.7. The van der Waals surface area contributed by atoms with Gasteiger partial charge < -0.3 is 5.32 Å². The first kappa shape index (κ1) is 19.2. The number of benzene rings is 2. The Balaban J connectivity index is 1.89. The maximum atomic E-state index is 13.7. The highest BCUT2D eigenvalue weighted by Crippen LogP contribution is 2.30. The maximum absolute atomic E-state index is 13.7. The van der Waals surface area contributed by atoms with E-state index in [-0.39, 0.29) is 11.4 Å². The molecule has 0 bridgehead atoms. The highest BCUT2D eigenvalue weighted by atomic mass is 32.2. The second-order valence-corrected chi connectivity index (χ2v) is 9.15. The van der Waals surface area contributed by atoms with Crippen molar-refractivity contribution in [3.63, 3.8) is 0 Å². The number of nitrogens with one attached hydrogen (secondary N) is 1. The van der Waals surface area contributed by atoms with Crippen LogP contribution in [0, 0.1) is 11.6 Å². The number of carbonyl (C=O) groups excluding carboxylic acids is 1. The molecule has 0 spiro atoms. The molecule has 1 N–H and O–H groups in total. The smallest absolute Gasteiger partial charge is 0.265 e. The number of nitrogens with zero attached hydrogens (tertiary/aromatic N) is 1. The molecule has 5 nitrogen and oxygen atoms in total. The fourth-order valence-electron chi connectivity index (χ4n) is 2.47. The van der Waals surface area contributed by atoms with Crippen LogP contribution >= 0.6 is 11.3 Å². The second kappa shape index (κ2) is 7.24. The summed E-state index contributed by atoms with van der Waals surface area (Å²) < 4.78 is 52.7. The van der Waals surface area contributed by atoms with E-state index in [1.807, 2.05) is 0 Å². The lowest BCUT2D eigenvalue weighted by Crippen LogP contribution is -2.27. The molecule has 0 radical (unpaired) electrons. The standard InChI is InChI=1S/C18H16F2N2O3S2/c1-3-27(24,25)22(2)13-5-7-16-11(8-13)9-17(26-16)18(23)21-15-6-4-12(19)10-14(15)20/h4-10H,3H2,1-2H3,(H,21,23). The number of amides is 1. The molecule has 0 aliphatic rings. The molecule has 3 rings (SSSR count). The van der Waals surface area contributed by atoms with Crippen molar-refractivity contribution < 1.29 is 22.0 Å². The van der Waals surface area contributed by atoms with Crippen LogP contribution in [0.1, 0.15) is 16.6 Å². The Morgan fingerprint density at radius 1 is 1.15 bits per heavy atom. The van der Waals surface area contributed by atoms with Crippen molar-refractivity contribution in [1.29, 1.82) is 0 Å². The molecule has 3 aromatic rings. The van der Waals surface area contributed by atoms with Crippen molar-refractivity contribution in [2.75, 3.05) is 22.4 Å². The third-order valence-electron chi connectivity index (χ3n) is 4.05. The van der Waals surface area contributed by atoms with E-state index in [9.17, 15) is 22.0 Å². The summed E-state index contributed by atoms with van der Waals surface area (Å²) in [7, 11) is -1.92. The molecular weight excluding hydrogens is 394 g/mol. The lowest BCUT2D eigenvalue weighted by molar-refractivity contribution is 0.103. The van der Waals surface area contributed by atoms with E-state index < -0.39 is 27.6 Å². The van der Waals surface area contributed by atoms with E-state index in [2.05, 4.69) is 5.32 Å². The highest BCUT2D eigenvalue weighted by molar-refractivity contribution is 7.92. The van der Waals surface area contributed by atoms with Crippen LogP contribution in [0.2, 0.25) is 0 Å². The Bertz CT molecular complexity index is 1130. The number of anilines is 2. The summed E-state index contributed by atoms with van der Waals surface area (Å²) in [5.41, 5.74) is 0.368. The monoisotopic (exact) mass is 410 g/mol. The first-order chi connectivity index (χ1) is 12.7. The van der Waals surface area contributed by atoms with Gasteiger partial charge in [0, 0.05) is 17.8 Å². The van der Waals surface area contributed by atoms with Crippen LogP contribution in [0.4, 0.5) is 20.2 Å². The van der Waals surface area contributed by atoms with Crippen LogP contribution in [-0.2, 0) is 10.0 Å². The highest BCUT2D eigenvalue weighted by Gasteiger charge is 2.18. The molecule has 0 saturated heterocycles. The van der Waals surface area contributed by atoms with Gasteiger partial charge in [-0.15, -0.1) is 11.3 Å². The van der Waals surface area contributed by atoms with Crippen LogP contribution in [0.3, 0.4) is 0 Å². The number of carbonyl (C=O) groups is 1. The first-order valence-corrected chi connectivity index (χ1v) is 10.4. The number of fused-ring (bicyclic) bond motifs is 1. The largest absolute Gasteiger partial charge is 0.319 e. The van der Waals surface area contributed by atoms with Crippen LogP contribution in [0.25, 0.3) is 10.1 Å². The quantitative estimate of drug-likeness (QED) is 0.685. The zero-order valence-corrected chi connectivity index (χ0v) is 16.1. The van der Waals surface area contributed by atoms with E-state index >= 15 is 0 Å². The molecule has 1 amide bonds. The predicted molar refractivity (Wildman–Crippen MR) is 104 cm³/mol. The van der Waals surface area contributed by atoms with Crippen LogP contribution in [0.15, 0.2) is 42.5 Å². The van der Waals surface area contributed by atoms with Gasteiger partial charge in [-0.05, 0) is 48.7 Å². The summed E-state index contributed by atoms with van der Waals surface area (Å²) >= 11 is 1.19. The van der Waals surface area contributed by atoms with Crippen molar-refractivity contribution in [3.05, 3.63) is 59.0 Å². The topological polar surface area (TPSA) is 66.5 Å². The number of hydrogen-bond acceptors (Lipinski definition) is 4. The van der Waals surface area contributed by atoms with Gasteiger partial charge in [0.25, 0.3) is 5.91 Å². The Hall–Kier alpha value is -2.52. The van der Waals surface area contributed by atoms with Crippen molar-refractivity contribution >= 4 is 48.7 Å². The zero-order chi connectivity index (χ0) is 19.8. The summed E-state index contributed by atoms with van der Waals surface area (Å²) in [6.07, 6.45) is 0. The molecule has 2 aromatic carbocycles. The average molecular weight is 410 g/mol. The molecule has 142 valence electrons. The molecule has 0 fully saturated rings. The molecule has 9 heteroatoms. The SMILES string of the molecule is CCS(=O)(=O)N(C)c1ccc2sc(C(=O)Nc3ccc(F)cc3F)cc2c1. The van der Waals surface area contributed by atoms with Gasteiger partial charge in [-0.2, -0.15) is 0 Å². The normalized spacial score (nSPS) is 11.6. The Kier molecular flexibility index (Phi) is 5.16. The van der Waals surface area contributed by atoms with Crippen LogP contribution in [0.5, 0.6) is 0 Å². The molecule has 1 aromatic heterocycles. The van der Waals surface area contributed by atoms with Gasteiger partial charge in [-0.3, -0.25) is 9.10 Å². The summed E-state index contributed by atoms with van der Waals surface area (Å²) in [5, 5.41) is 3.10. The van der Waals surface area contributed by atoms with Gasteiger partial charge in [-0.25, -0.2) is 17.2 Å². The van der Waals surface area contributed by atoms with E-state index in [0.717, 1.165) is 16.8 Å². The molecule has 0 aliphatic carbocycles. The minimum Gasteiger partial charge on any atom is -0.319 e. The van der Waals surface area contributed by atoms with Gasteiger partial charge >= 0.3 is 0 Å². The molecule has 27 heavy (non-hydrogen) atoms. The molecule has 0 aliphatic heterocycles.